The van der Waals surface area contributed by atoms with Crippen LogP contribution in [0.2, 0.25) is 0 Å². The topological polar surface area (TPSA) is 70.5 Å². The number of aromatic nitrogens is 2. The molecule has 1 spiro atoms. The highest BCUT2D eigenvalue weighted by atomic mass is 16.2. The second-order valence-electron chi connectivity index (χ2n) is 11.5. The molecular formula is C32H39N5O2. The van der Waals surface area contributed by atoms with Crippen molar-refractivity contribution in [1.82, 2.24) is 24.9 Å². The highest BCUT2D eigenvalue weighted by Gasteiger charge is 2.50. The average molecular weight is 526 g/mol. The van der Waals surface area contributed by atoms with Crippen LogP contribution in [-0.4, -0.2) is 70.0 Å². The minimum absolute atomic E-state index is 0.0894. The second kappa shape index (κ2) is 11.1. The highest BCUT2D eigenvalue weighted by Crippen LogP contribution is 2.44. The minimum atomic E-state index is -0.280. The van der Waals surface area contributed by atoms with E-state index in [-0.39, 0.29) is 17.4 Å². The van der Waals surface area contributed by atoms with Gasteiger partial charge in [0.05, 0.1) is 17.1 Å². The van der Waals surface area contributed by atoms with Crippen LogP contribution in [0.15, 0.2) is 73.1 Å². The SMILES string of the molecule is CCC(=O)C([C@@H]1CNC[C@@H]1c1ccccc1)N1CCC2(CCN(Cc3ccc(-n4cccn4)cc3)C2=O)CC1. The van der Waals surface area contributed by atoms with Gasteiger partial charge in [-0.25, -0.2) is 4.68 Å². The van der Waals surface area contributed by atoms with Gasteiger partial charge < -0.3 is 10.2 Å². The Morgan fingerprint density at radius 2 is 1.74 bits per heavy atom. The summed E-state index contributed by atoms with van der Waals surface area (Å²) in [5.41, 5.74) is 3.19. The molecule has 2 aromatic carbocycles. The van der Waals surface area contributed by atoms with Crippen LogP contribution in [0.5, 0.6) is 0 Å². The molecule has 1 aromatic heterocycles. The van der Waals surface area contributed by atoms with E-state index in [0.717, 1.165) is 63.2 Å². The number of carbonyl (C=O) groups is 2. The molecule has 4 heterocycles. The van der Waals surface area contributed by atoms with E-state index in [9.17, 15) is 9.59 Å². The number of hydrogen-bond donors (Lipinski definition) is 1. The molecule has 1 amide bonds. The molecule has 3 aliphatic rings. The van der Waals surface area contributed by atoms with Crippen LogP contribution in [0.25, 0.3) is 5.69 Å². The lowest BCUT2D eigenvalue weighted by Crippen LogP contribution is -2.54. The number of hydrogen-bond acceptors (Lipinski definition) is 5. The maximum absolute atomic E-state index is 13.7. The summed E-state index contributed by atoms with van der Waals surface area (Å²) in [5, 5.41) is 7.86. The molecule has 3 aliphatic heterocycles. The van der Waals surface area contributed by atoms with E-state index in [1.165, 1.54) is 5.56 Å². The predicted octanol–water partition coefficient (Wildman–Crippen LogP) is 4.04. The third-order valence-electron chi connectivity index (χ3n) is 9.40. The Balaban J connectivity index is 1.11. The van der Waals surface area contributed by atoms with Crippen LogP contribution in [0, 0.1) is 11.3 Å². The summed E-state index contributed by atoms with van der Waals surface area (Å²) in [7, 11) is 0. The van der Waals surface area contributed by atoms with Crippen LogP contribution < -0.4 is 5.32 Å². The van der Waals surface area contributed by atoms with E-state index in [2.05, 4.69) is 69.9 Å². The van der Waals surface area contributed by atoms with E-state index in [0.29, 0.717) is 30.6 Å². The summed E-state index contributed by atoms with van der Waals surface area (Å²) in [4.78, 5) is 31.5. The molecule has 1 N–H and O–H groups in total. The average Bonchev–Trinajstić information content (AvgIpc) is 3.74. The summed E-state index contributed by atoms with van der Waals surface area (Å²) in [5.74, 6) is 1.22. The smallest absolute Gasteiger partial charge is 0.229 e. The van der Waals surface area contributed by atoms with Crippen LogP contribution in [0.4, 0.5) is 0 Å². The molecule has 6 rings (SSSR count). The lowest BCUT2D eigenvalue weighted by molar-refractivity contribution is -0.140. The fourth-order valence-electron chi connectivity index (χ4n) is 7.15. The third-order valence-corrected chi connectivity index (χ3v) is 9.40. The van der Waals surface area contributed by atoms with E-state index < -0.39 is 0 Å². The fraction of sp³-hybridized carbons (Fsp3) is 0.469. The van der Waals surface area contributed by atoms with Gasteiger partial charge in [-0.1, -0.05) is 49.4 Å². The van der Waals surface area contributed by atoms with Gasteiger partial charge in [0, 0.05) is 56.8 Å². The summed E-state index contributed by atoms with van der Waals surface area (Å²) < 4.78 is 1.84. The number of ketones is 1. The number of nitrogens with zero attached hydrogens (tertiary/aromatic N) is 4. The second-order valence-corrected chi connectivity index (χ2v) is 11.5. The van der Waals surface area contributed by atoms with Gasteiger partial charge in [0.2, 0.25) is 5.91 Å². The first kappa shape index (κ1) is 26.0. The number of benzene rings is 2. The first-order valence-electron chi connectivity index (χ1n) is 14.5. The van der Waals surface area contributed by atoms with Crippen molar-refractivity contribution in [2.75, 3.05) is 32.7 Å². The maximum atomic E-state index is 13.7. The first-order chi connectivity index (χ1) is 19.1. The Morgan fingerprint density at radius 1 is 1.00 bits per heavy atom. The largest absolute Gasteiger partial charge is 0.338 e. The van der Waals surface area contributed by atoms with E-state index in [1.807, 2.05) is 28.8 Å². The van der Waals surface area contributed by atoms with Crippen molar-refractivity contribution >= 4 is 11.7 Å². The van der Waals surface area contributed by atoms with Crippen molar-refractivity contribution in [3.63, 3.8) is 0 Å². The quantitative estimate of drug-likeness (QED) is 0.481. The van der Waals surface area contributed by atoms with Gasteiger partial charge in [0.25, 0.3) is 0 Å². The Labute approximate surface area is 231 Å². The van der Waals surface area contributed by atoms with E-state index >= 15 is 0 Å². The summed E-state index contributed by atoms with van der Waals surface area (Å²) >= 11 is 0. The van der Waals surface area contributed by atoms with E-state index in [4.69, 9.17) is 0 Å². The molecule has 3 atom stereocenters. The summed E-state index contributed by atoms with van der Waals surface area (Å²) in [6.45, 7) is 6.84. The molecule has 3 fully saturated rings. The zero-order valence-corrected chi connectivity index (χ0v) is 22.8. The van der Waals surface area contributed by atoms with Crippen molar-refractivity contribution in [2.24, 2.45) is 11.3 Å². The third kappa shape index (κ3) is 5.06. The standard InChI is InChI=1S/C32H39N5O2/c1-2-29(38)30(28-22-33-21-27(28)25-7-4-3-5-8-25)35-18-13-32(14-19-35)15-20-36(31(32)39)23-24-9-11-26(12-10-24)37-17-6-16-34-37/h3-12,16-17,27-28,30,33H,2,13-15,18-23H2,1H3/t27-,28-,30?/m1/s1. The van der Waals surface area contributed by atoms with Gasteiger partial charge in [-0.05, 0) is 61.7 Å². The molecule has 3 saturated heterocycles. The monoisotopic (exact) mass is 525 g/mol. The predicted molar refractivity (Wildman–Crippen MR) is 151 cm³/mol. The van der Waals surface area contributed by atoms with Crippen molar-refractivity contribution in [3.8, 4) is 5.69 Å². The number of rotatable bonds is 8. The molecule has 7 nitrogen and oxygen atoms in total. The molecular weight excluding hydrogens is 486 g/mol. The summed E-state index contributed by atoms with van der Waals surface area (Å²) in [6.07, 6.45) is 6.84. The fourth-order valence-corrected chi connectivity index (χ4v) is 7.15. The van der Waals surface area contributed by atoms with Crippen molar-refractivity contribution in [3.05, 3.63) is 84.2 Å². The normalized spacial score (nSPS) is 23.9. The van der Waals surface area contributed by atoms with Crippen molar-refractivity contribution < 1.29 is 9.59 Å². The van der Waals surface area contributed by atoms with Gasteiger partial charge in [-0.15, -0.1) is 0 Å². The molecule has 0 aliphatic carbocycles. The lowest BCUT2D eigenvalue weighted by Gasteiger charge is -2.43. The van der Waals surface area contributed by atoms with Crippen molar-refractivity contribution in [1.29, 1.82) is 0 Å². The van der Waals surface area contributed by atoms with Crippen LogP contribution in [-0.2, 0) is 16.1 Å². The molecule has 1 unspecified atom stereocenters. The molecule has 3 aromatic rings. The summed E-state index contributed by atoms with van der Waals surface area (Å²) in [6, 6.07) is 20.8. The number of likely N-dealkylation sites (tertiary alicyclic amines) is 2. The Bertz CT molecular complexity index is 1270. The van der Waals surface area contributed by atoms with E-state index in [1.54, 1.807) is 6.20 Å². The molecule has 204 valence electrons. The number of carbonyl (C=O) groups excluding carboxylic acids is 2. The number of nitrogens with one attached hydrogen (secondary N) is 1. The maximum Gasteiger partial charge on any atom is 0.229 e. The Hall–Kier alpha value is -3.29. The Kier molecular flexibility index (Phi) is 7.36. The number of piperidine rings is 1. The van der Waals surface area contributed by atoms with Crippen molar-refractivity contribution in [2.45, 2.75) is 51.1 Å². The molecule has 0 bridgehead atoms. The van der Waals surface area contributed by atoms with Crippen LogP contribution in [0.3, 0.4) is 0 Å². The van der Waals surface area contributed by atoms with Gasteiger partial charge >= 0.3 is 0 Å². The van der Waals surface area contributed by atoms with Crippen LogP contribution in [0.1, 0.15) is 49.7 Å². The molecule has 0 radical (unpaired) electrons. The Morgan fingerprint density at radius 3 is 2.44 bits per heavy atom. The van der Waals surface area contributed by atoms with Gasteiger partial charge in [0.1, 0.15) is 5.78 Å². The van der Waals surface area contributed by atoms with Crippen LogP contribution >= 0.6 is 0 Å². The van der Waals surface area contributed by atoms with Gasteiger partial charge in [-0.2, -0.15) is 5.10 Å². The molecule has 39 heavy (non-hydrogen) atoms. The minimum Gasteiger partial charge on any atom is -0.338 e. The zero-order valence-electron chi connectivity index (χ0n) is 22.8. The zero-order chi connectivity index (χ0) is 26.8. The lowest BCUT2D eigenvalue weighted by atomic mass is 9.75. The highest BCUT2D eigenvalue weighted by molar-refractivity contribution is 5.86. The van der Waals surface area contributed by atoms with Gasteiger partial charge in [-0.3, -0.25) is 14.5 Å². The number of Topliss-reactive ketones (excluding diaryl/α,β-unsaturated/α-hetero) is 1. The molecule has 7 heteroatoms. The molecule has 0 saturated carbocycles. The number of amides is 1. The van der Waals surface area contributed by atoms with Gasteiger partial charge in [0.15, 0.2) is 0 Å². The first-order valence-corrected chi connectivity index (χ1v) is 14.5.